The summed E-state index contributed by atoms with van der Waals surface area (Å²) in [5.74, 6) is 2.09. The molecule has 0 radical (unpaired) electrons. The zero-order valence-corrected chi connectivity index (χ0v) is 27.8. The molecule has 0 saturated carbocycles. The van der Waals surface area contributed by atoms with Gasteiger partial charge in [0.15, 0.2) is 11.5 Å². The average Bonchev–Trinajstić information content (AvgIpc) is 3.37. The van der Waals surface area contributed by atoms with Crippen molar-refractivity contribution in [2.24, 2.45) is 0 Å². The van der Waals surface area contributed by atoms with Crippen molar-refractivity contribution >= 4 is 56.8 Å². The Morgan fingerprint density at radius 3 is 2.58 bits per heavy atom. The zero-order valence-electron chi connectivity index (χ0n) is 24.6. The Bertz CT molecular complexity index is 1710. The number of hydrogen-bond donors (Lipinski definition) is 2. The van der Waals surface area contributed by atoms with E-state index in [1.54, 1.807) is 4.68 Å². The fourth-order valence-electron chi connectivity index (χ4n) is 4.99. The molecular weight excluding hydrogens is 650 g/mol. The van der Waals surface area contributed by atoms with Crippen LogP contribution in [0.25, 0.3) is 0 Å². The maximum atomic E-state index is 14.1. The van der Waals surface area contributed by atoms with Crippen molar-refractivity contribution in [3.05, 3.63) is 97.6 Å². The van der Waals surface area contributed by atoms with Crippen molar-refractivity contribution in [3.8, 4) is 11.5 Å². The van der Waals surface area contributed by atoms with Gasteiger partial charge in [-0.05, 0) is 91.5 Å². The molecule has 5 rings (SSSR count). The molecule has 0 aliphatic carbocycles. The van der Waals surface area contributed by atoms with Crippen LogP contribution in [-0.2, 0) is 10.5 Å². The molecule has 1 amide bonds. The number of nitrogens with zero attached hydrogens (tertiary/aromatic N) is 3. The van der Waals surface area contributed by atoms with Crippen LogP contribution in [0.4, 0.5) is 11.6 Å². The highest BCUT2D eigenvalue weighted by molar-refractivity contribution is 9.10. The predicted molar refractivity (Wildman–Crippen MR) is 177 cm³/mol. The van der Waals surface area contributed by atoms with Crippen molar-refractivity contribution in [2.45, 2.75) is 51.6 Å². The summed E-state index contributed by atoms with van der Waals surface area (Å²) in [6.45, 7) is 10.7. The van der Waals surface area contributed by atoms with Crippen molar-refractivity contribution in [1.29, 1.82) is 0 Å². The van der Waals surface area contributed by atoms with Gasteiger partial charge in [-0.15, -0.1) is 5.10 Å². The number of fused-ring (bicyclic) bond motifs is 1. The lowest BCUT2D eigenvalue weighted by atomic mass is 9.94. The largest absolute Gasteiger partial charge is 0.490 e. The maximum absolute atomic E-state index is 14.1. The Balaban J connectivity index is 1.58. The number of benzene rings is 3. The predicted octanol–water partition coefficient (Wildman–Crippen LogP) is 8.33. The van der Waals surface area contributed by atoms with Gasteiger partial charge in [0.05, 0.1) is 23.3 Å². The molecular formula is C32H33BrClN5O3S. The third-order valence-corrected chi connectivity index (χ3v) is 8.80. The van der Waals surface area contributed by atoms with E-state index < -0.39 is 6.04 Å². The van der Waals surface area contributed by atoms with Gasteiger partial charge < -0.3 is 20.1 Å². The average molecular weight is 683 g/mol. The lowest BCUT2D eigenvalue weighted by molar-refractivity contribution is -0.113. The summed E-state index contributed by atoms with van der Waals surface area (Å²) in [4.78, 5) is 18.8. The number of allylic oxidation sites excluding steroid dienone is 1. The summed E-state index contributed by atoms with van der Waals surface area (Å²) in [6, 6.07) is 16.9. The quantitative estimate of drug-likeness (QED) is 0.163. The number of thioether (sulfide) groups is 1. The summed E-state index contributed by atoms with van der Waals surface area (Å²) in [5.41, 5.74) is 5.83. The van der Waals surface area contributed by atoms with Crippen LogP contribution in [-0.4, -0.2) is 33.9 Å². The SMILES string of the molecule is CCOc1cc(C2C(C(=O)Nc3ccc(C)cc3C)=C(C)Nc3nc(SCc4ccccc4Cl)nn32)cc(Br)c1OCC. The van der Waals surface area contributed by atoms with E-state index in [-0.39, 0.29) is 5.91 Å². The van der Waals surface area contributed by atoms with E-state index in [0.29, 0.717) is 57.9 Å². The summed E-state index contributed by atoms with van der Waals surface area (Å²) in [6.07, 6.45) is 0. The van der Waals surface area contributed by atoms with Crippen LogP contribution in [0, 0.1) is 13.8 Å². The van der Waals surface area contributed by atoms with Crippen LogP contribution in [0.2, 0.25) is 5.02 Å². The summed E-state index contributed by atoms with van der Waals surface area (Å²) >= 11 is 11.6. The second kappa shape index (κ2) is 13.4. The molecule has 1 unspecified atom stereocenters. The lowest BCUT2D eigenvalue weighted by Gasteiger charge is -2.29. The molecule has 224 valence electrons. The van der Waals surface area contributed by atoms with Crippen LogP contribution in [0.3, 0.4) is 0 Å². The lowest BCUT2D eigenvalue weighted by Crippen LogP contribution is -2.31. The Kier molecular flexibility index (Phi) is 9.68. The number of ether oxygens (including phenoxy) is 2. The Labute approximate surface area is 269 Å². The van der Waals surface area contributed by atoms with E-state index in [0.717, 1.165) is 32.4 Å². The number of rotatable bonds is 10. The van der Waals surface area contributed by atoms with Gasteiger partial charge in [0, 0.05) is 22.2 Å². The van der Waals surface area contributed by atoms with Crippen molar-refractivity contribution in [1.82, 2.24) is 14.8 Å². The number of carbonyl (C=O) groups excluding carboxylic acids is 1. The van der Waals surface area contributed by atoms with Crippen LogP contribution >= 0.6 is 39.3 Å². The summed E-state index contributed by atoms with van der Waals surface area (Å²) in [7, 11) is 0. The molecule has 1 aliphatic rings. The van der Waals surface area contributed by atoms with E-state index >= 15 is 0 Å². The number of aryl methyl sites for hydroxylation is 2. The molecule has 2 heterocycles. The molecule has 0 fully saturated rings. The minimum Gasteiger partial charge on any atom is -0.490 e. The van der Waals surface area contributed by atoms with Crippen LogP contribution in [0.1, 0.15) is 49.1 Å². The molecule has 0 saturated heterocycles. The number of anilines is 2. The highest BCUT2D eigenvalue weighted by atomic mass is 79.9. The Morgan fingerprint density at radius 1 is 1.09 bits per heavy atom. The topological polar surface area (TPSA) is 90.3 Å². The van der Waals surface area contributed by atoms with Crippen molar-refractivity contribution in [2.75, 3.05) is 23.8 Å². The number of aromatic nitrogens is 3. The van der Waals surface area contributed by atoms with Gasteiger partial charge in [0.2, 0.25) is 11.1 Å². The van der Waals surface area contributed by atoms with Gasteiger partial charge in [-0.1, -0.05) is 59.3 Å². The number of hydrogen-bond acceptors (Lipinski definition) is 7. The first-order valence-electron chi connectivity index (χ1n) is 14.0. The van der Waals surface area contributed by atoms with Gasteiger partial charge >= 0.3 is 0 Å². The van der Waals surface area contributed by atoms with Crippen molar-refractivity contribution in [3.63, 3.8) is 0 Å². The van der Waals surface area contributed by atoms with Gasteiger partial charge in [-0.3, -0.25) is 4.79 Å². The fourth-order valence-corrected chi connectivity index (χ4v) is 6.68. The van der Waals surface area contributed by atoms with Gasteiger partial charge in [-0.2, -0.15) is 4.98 Å². The van der Waals surface area contributed by atoms with E-state index in [1.165, 1.54) is 11.8 Å². The minimum absolute atomic E-state index is 0.239. The Hall–Kier alpha value is -3.47. The molecule has 3 aromatic carbocycles. The first-order valence-corrected chi connectivity index (χ1v) is 16.1. The number of amides is 1. The van der Waals surface area contributed by atoms with Crippen LogP contribution < -0.4 is 20.1 Å². The van der Waals surface area contributed by atoms with E-state index in [2.05, 4.69) is 26.6 Å². The van der Waals surface area contributed by atoms with Gasteiger partial charge in [0.1, 0.15) is 6.04 Å². The molecule has 0 bridgehead atoms. The van der Waals surface area contributed by atoms with Gasteiger partial charge in [-0.25, -0.2) is 4.68 Å². The van der Waals surface area contributed by atoms with Crippen molar-refractivity contribution < 1.29 is 14.3 Å². The number of nitrogens with one attached hydrogen (secondary N) is 2. The zero-order chi connectivity index (χ0) is 30.7. The molecule has 1 atom stereocenters. The molecule has 1 aromatic heterocycles. The van der Waals surface area contributed by atoms with Gasteiger partial charge in [0.25, 0.3) is 5.91 Å². The second-order valence-electron chi connectivity index (χ2n) is 10.1. The molecule has 8 nitrogen and oxygen atoms in total. The molecule has 43 heavy (non-hydrogen) atoms. The number of carbonyl (C=O) groups is 1. The van der Waals surface area contributed by atoms with Crippen LogP contribution in [0.5, 0.6) is 11.5 Å². The minimum atomic E-state index is -0.602. The standard InChI is InChI=1S/C32H33BrClN5O3S/c1-6-41-26-16-22(15-23(33)29(26)42-7-2)28-27(30(40)36-25-13-12-18(3)14-19(25)4)20(5)35-31-37-32(38-39(28)31)43-17-21-10-8-9-11-24(21)34/h8-16,28H,6-7,17H2,1-5H3,(H,36,40)(H,35,37,38). The molecule has 2 N–H and O–H groups in total. The highest BCUT2D eigenvalue weighted by Gasteiger charge is 2.35. The molecule has 11 heteroatoms. The first-order chi connectivity index (χ1) is 20.7. The third kappa shape index (κ3) is 6.71. The smallest absolute Gasteiger partial charge is 0.255 e. The molecule has 1 aliphatic heterocycles. The summed E-state index contributed by atoms with van der Waals surface area (Å²) in [5, 5.41) is 12.6. The first kappa shape index (κ1) is 31.0. The van der Waals surface area contributed by atoms with E-state index in [9.17, 15) is 4.79 Å². The highest BCUT2D eigenvalue weighted by Crippen LogP contribution is 2.43. The molecule has 0 spiro atoms. The monoisotopic (exact) mass is 681 g/mol. The second-order valence-corrected chi connectivity index (χ2v) is 12.3. The summed E-state index contributed by atoms with van der Waals surface area (Å²) < 4.78 is 14.4. The fraction of sp³-hybridized carbons (Fsp3) is 0.281. The van der Waals surface area contributed by atoms with E-state index in [4.69, 9.17) is 31.2 Å². The maximum Gasteiger partial charge on any atom is 0.255 e. The normalized spacial score (nSPS) is 14.3. The number of halogens is 2. The third-order valence-electron chi connectivity index (χ3n) is 6.96. The van der Waals surface area contributed by atoms with E-state index in [1.807, 2.05) is 89.2 Å². The Morgan fingerprint density at radius 2 is 1.86 bits per heavy atom. The van der Waals surface area contributed by atoms with Crippen LogP contribution in [0.15, 0.2) is 75.5 Å². The molecule has 4 aromatic rings.